The van der Waals surface area contributed by atoms with Crippen molar-refractivity contribution in [2.24, 2.45) is 0 Å². The molecule has 2 nitrogen and oxygen atoms in total. The van der Waals surface area contributed by atoms with Crippen molar-refractivity contribution >= 4 is 66.6 Å². The van der Waals surface area contributed by atoms with E-state index in [1.54, 1.807) is 0 Å². The zero-order valence-electron chi connectivity index (χ0n) is 21.8. The van der Waals surface area contributed by atoms with Crippen molar-refractivity contribution in [2.75, 3.05) is 0 Å². The highest BCUT2D eigenvalue weighted by Gasteiger charge is 2.23. The van der Waals surface area contributed by atoms with E-state index in [2.05, 4.69) is 115 Å². The molecule has 0 unspecified atom stereocenters. The molecule has 40 heavy (non-hydrogen) atoms. The molecule has 1 aliphatic rings. The summed E-state index contributed by atoms with van der Waals surface area (Å²) in [6.07, 6.45) is 6.53. The first-order chi connectivity index (χ1) is 19.9. The molecule has 0 aliphatic heterocycles. The van der Waals surface area contributed by atoms with Gasteiger partial charge in [-0.3, -0.25) is 0 Å². The predicted molar refractivity (Wildman–Crippen MR) is 167 cm³/mol. The van der Waals surface area contributed by atoms with Gasteiger partial charge in [0.2, 0.25) is 0 Å². The molecule has 0 N–H and O–H groups in total. The summed E-state index contributed by atoms with van der Waals surface area (Å²) in [6, 6.07) is 39.0. The van der Waals surface area contributed by atoms with Crippen molar-refractivity contribution in [3.63, 3.8) is 0 Å². The van der Waals surface area contributed by atoms with E-state index in [4.69, 9.17) is 8.83 Å². The van der Waals surface area contributed by atoms with E-state index in [-0.39, 0.29) is 0 Å². The van der Waals surface area contributed by atoms with E-state index in [9.17, 15) is 0 Å². The SMILES string of the molecule is C1=c2oc3c(-c4c5ccccc5c(-c5ccccc5)c5ccccc45)cc4c5ccccc5oc4c3c2=CCC1. The van der Waals surface area contributed by atoms with Gasteiger partial charge in [0.05, 0.1) is 5.39 Å². The summed E-state index contributed by atoms with van der Waals surface area (Å²) >= 11 is 0. The molecular formula is C38H24O2. The van der Waals surface area contributed by atoms with Gasteiger partial charge in [0, 0.05) is 27.1 Å². The Hall–Kier alpha value is -5.08. The maximum Gasteiger partial charge on any atom is 0.147 e. The van der Waals surface area contributed by atoms with Crippen LogP contribution in [0.5, 0.6) is 0 Å². The van der Waals surface area contributed by atoms with Crippen molar-refractivity contribution in [2.45, 2.75) is 12.8 Å². The minimum atomic E-state index is 0.897. The summed E-state index contributed by atoms with van der Waals surface area (Å²) in [7, 11) is 0. The molecule has 0 amide bonds. The molecule has 6 aromatic carbocycles. The normalized spacial score (nSPS) is 13.2. The third-order valence-corrected chi connectivity index (χ3v) is 8.48. The minimum absolute atomic E-state index is 0.897. The lowest BCUT2D eigenvalue weighted by Gasteiger charge is -2.18. The molecule has 8 aromatic rings. The fourth-order valence-electron chi connectivity index (χ4n) is 6.80. The zero-order chi connectivity index (χ0) is 26.2. The number of benzene rings is 6. The molecule has 0 bridgehead atoms. The van der Waals surface area contributed by atoms with Crippen molar-refractivity contribution in [1.29, 1.82) is 0 Å². The third-order valence-electron chi connectivity index (χ3n) is 8.48. The second-order valence-electron chi connectivity index (χ2n) is 10.7. The lowest BCUT2D eigenvalue weighted by atomic mass is 9.85. The molecule has 0 fully saturated rings. The molecule has 0 saturated carbocycles. The maximum atomic E-state index is 6.75. The summed E-state index contributed by atoms with van der Waals surface area (Å²) in [4.78, 5) is 0. The first-order valence-electron chi connectivity index (χ1n) is 13.9. The van der Waals surface area contributed by atoms with E-state index >= 15 is 0 Å². The number of furan rings is 2. The molecule has 2 heterocycles. The van der Waals surface area contributed by atoms with Gasteiger partial charge in [-0.25, -0.2) is 0 Å². The van der Waals surface area contributed by atoms with Gasteiger partial charge in [-0.05, 0) is 63.7 Å². The fourth-order valence-corrected chi connectivity index (χ4v) is 6.80. The Bertz CT molecular complexity index is 2360. The summed E-state index contributed by atoms with van der Waals surface area (Å²) < 4.78 is 13.3. The van der Waals surface area contributed by atoms with Crippen LogP contribution in [0.1, 0.15) is 12.8 Å². The molecule has 0 spiro atoms. The standard InChI is InChI=1S/C38H24O2/c1-2-12-23(13-3-1)34-25-15-4-6-17-27(25)35(28-18-7-5-16-26(28)34)31-22-30-24-14-8-10-20-32(24)39-37(30)36-29-19-9-11-21-33(29)40-38(31)36/h1-8,10,12-22H,9,11H2. The Balaban J connectivity index is 1.54. The van der Waals surface area contributed by atoms with Gasteiger partial charge in [0.1, 0.15) is 22.2 Å². The van der Waals surface area contributed by atoms with E-state index < -0.39 is 0 Å². The fraction of sp³-hybridized carbons (Fsp3) is 0.0526. The second kappa shape index (κ2) is 8.21. The van der Waals surface area contributed by atoms with Crippen LogP contribution in [-0.4, -0.2) is 0 Å². The van der Waals surface area contributed by atoms with Gasteiger partial charge >= 0.3 is 0 Å². The number of fused-ring (bicyclic) bond motifs is 9. The predicted octanol–water partition coefficient (Wildman–Crippen LogP) is 9.33. The van der Waals surface area contributed by atoms with Crippen molar-refractivity contribution < 1.29 is 8.83 Å². The van der Waals surface area contributed by atoms with Gasteiger partial charge < -0.3 is 8.83 Å². The average Bonchev–Trinajstić information content (AvgIpc) is 3.59. The Kier molecular flexibility index (Phi) is 4.48. The van der Waals surface area contributed by atoms with Gasteiger partial charge in [-0.15, -0.1) is 0 Å². The number of hydrogen-bond acceptors (Lipinski definition) is 2. The Labute approximate surface area is 230 Å². The van der Waals surface area contributed by atoms with Crippen LogP contribution in [0, 0.1) is 0 Å². The molecule has 9 rings (SSSR count). The van der Waals surface area contributed by atoms with Gasteiger partial charge in [-0.2, -0.15) is 0 Å². The summed E-state index contributed by atoms with van der Waals surface area (Å²) in [5, 5.41) is 9.40. The molecule has 0 atom stereocenters. The van der Waals surface area contributed by atoms with E-state index in [1.165, 1.54) is 38.2 Å². The maximum absolute atomic E-state index is 6.75. The van der Waals surface area contributed by atoms with Crippen LogP contribution in [0.25, 0.3) is 88.9 Å². The molecule has 0 radical (unpaired) electrons. The Morgan fingerprint density at radius 3 is 1.80 bits per heavy atom. The van der Waals surface area contributed by atoms with Crippen LogP contribution in [-0.2, 0) is 0 Å². The number of hydrogen-bond donors (Lipinski definition) is 0. The summed E-state index contributed by atoms with van der Waals surface area (Å²) in [5.41, 5.74) is 8.46. The summed E-state index contributed by atoms with van der Waals surface area (Å²) in [5.74, 6) is 0. The Morgan fingerprint density at radius 2 is 1.07 bits per heavy atom. The highest BCUT2D eigenvalue weighted by atomic mass is 16.3. The molecule has 1 aliphatic carbocycles. The van der Waals surface area contributed by atoms with E-state index in [0.717, 1.165) is 61.9 Å². The van der Waals surface area contributed by atoms with E-state index in [1.807, 2.05) is 6.07 Å². The van der Waals surface area contributed by atoms with Crippen LogP contribution in [0.3, 0.4) is 0 Å². The average molecular weight is 513 g/mol. The third kappa shape index (κ3) is 2.93. The quantitative estimate of drug-likeness (QED) is 0.216. The largest absolute Gasteiger partial charge is 0.456 e. The van der Waals surface area contributed by atoms with Gasteiger partial charge in [-0.1, -0.05) is 103 Å². The first-order valence-corrected chi connectivity index (χ1v) is 13.9. The Morgan fingerprint density at radius 1 is 0.475 bits per heavy atom. The van der Waals surface area contributed by atoms with Gasteiger partial charge in [0.15, 0.2) is 0 Å². The first kappa shape index (κ1) is 21.8. The zero-order valence-corrected chi connectivity index (χ0v) is 21.8. The monoisotopic (exact) mass is 512 g/mol. The van der Waals surface area contributed by atoms with Crippen LogP contribution in [0.4, 0.5) is 0 Å². The highest BCUT2D eigenvalue weighted by Crippen LogP contribution is 2.47. The van der Waals surface area contributed by atoms with Gasteiger partial charge in [0.25, 0.3) is 0 Å². The van der Waals surface area contributed by atoms with Crippen LogP contribution >= 0.6 is 0 Å². The molecule has 2 heteroatoms. The van der Waals surface area contributed by atoms with Crippen molar-refractivity contribution in [3.05, 3.63) is 120 Å². The molecule has 0 saturated heterocycles. The highest BCUT2D eigenvalue weighted by molar-refractivity contribution is 6.26. The van der Waals surface area contributed by atoms with Crippen molar-refractivity contribution in [3.8, 4) is 22.3 Å². The lowest BCUT2D eigenvalue weighted by molar-refractivity contribution is 0.572. The smallest absolute Gasteiger partial charge is 0.147 e. The summed E-state index contributed by atoms with van der Waals surface area (Å²) in [6.45, 7) is 0. The van der Waals surface area contributed by atoms with Crippen LogP contribution in [0.15, 0.2) is 118 Å². The number of para-hydroxylation sites is 1. The second-order valence-corrected chi connectivity index (χ2v) is 10.7. The topological polar surface area (TPSA) is 26.3 Å². The minimum Gasteiger partial charge on any atom is -0.456 e. The van der Waals surface area contributed by atoms with Crippen LogP contribution in [0.2, 0.25) is 0 Å². The number of rotatable bonds is 2. The molecule has 2 aromatic heterocycles. The molecular weight excluding hydrogens is 488 g/mol. The lowest BCUT2D eigenvalue weighted by Crippen LogP contribution is -2.22. The van der Waals surface area contributed by atoms with E-state index in [0.29, 0.717) is 0 Å². The van der Waals surface area contributed by atoms with Crippen molar-refractivity contribution in [1.82, 2.24) is 0 Å². The van der Waals surface area contributed by atoms with Crippen LogP contribution < -0.4 is 10.6 Å². The molecule has 188 valence electrons.